The van der Waals surface area contributed by atoms with Gasteiger partial charge in [0.1, 0.15) is 12.1 Å². The van der Waals surface area contributed by atoms with Crippen molar-refractivity contribution in [2.75, 3.05) is 4.90 Å². The van der Waals surface area contributed by atoms with Gasteiger partial charge >= 0.3 is 6.03 Å². The molecule has 2 N–H and O–H groups in total. The number of hydrogen-bond acceptors (Lipinski definition) is 3. The highest BCUT2D eigenvalue weighted by Crippen LogP contribution is 2.24. The number of hydrogen-bond donors (Lipinski definition) is 1. The molecule has 0 atom stereocenters. The summed E-state index contributed by atoms with van der Waals surface area (Å²) in [6.07, 6.45) is 1.18. The van der Waals surface area contributed by atoms with Gasteiger partial charge < -0.3 is 10.5 Å². The number of carbonyl (C=O) groups is 2. The first-order valence-corrected chi connectivity index (χ1v) is 6.17. The molecular weight excluding hydrogens is 254 g/mol. The van der Waals surface area contributed by atoms with E-state index >= 15 is 0 Å². The molecule has 2 amide bonds. The van der Waals surface area contributed by atoms with E-state index < -0.39 is 6.03 Å². The van der Waals surface area contributed by atoms with Crippen LogP contribution in [0.2, 0.25) is 0 Å². The number of anilines is 2. The number of amides is 2. The Morgan fingerprint density at radius 3 is 2.50 bits per heavy atom. The van der Waals surface area contributed by atoms with E-state index in [1.54, 1.807) is 30.3 Å². The Bertz CT molecular complexity index is 623. The Labute approximate surface area is 117 Å². The largest absolute Gasteiger partial charge is 0.351 e. The molecule has 1 aromatic carbocycles. The molecule has 5 nitrogen and oxygen atoms in total. The first kappa shape index (κ1) is 13.7. The number of aromatic nitrogens is 1. The Kier molecular flexibility index (Phi) is 4.10. The third-order valence-corrected chi connectivity index (χ3v) is 2.84. The van der Waals surface area contributed by atoms with Crippen molar-refractivity contribution in [3.63, 3.8) is 0 Å². The van der Waals surface area contributed by atoms with E-state index in [4.69, 9.17) is 5.73 Å². The van der Waals surface area contributed by atoms with E-state index in [2.05, 4.69) is 4.98 Å². The Balaban J connectivity index is 2.38. The molecule has 0 aliphatic rings. The van der Waals surface area contributed by atoms with E-state index in [1.165, 1.54) is 4.90 Å². The molecule has 20 heavy (non-hydrogen) atoms. The van der Waals surface area contributed by atoms with Gasteiger partial charge in [-0.3, -0.25) is 0 Å². The lowest BCUT2D eigenvalue weighted by Crippen LogP contribution is -2.32. The summed E-state index contributed by atoms with van der Waals surface area (Å²) in [6, 6.07) is 11.8. The van der Waals surface area contributed by atoms with Gasteiger partial charge in [0.2, 0.25) is 0 Å². The summed E-state index contributed by atoms with van der Waals surface area (Å²) < 4.78 is 0. The highest BCUT2D eigenvalue weighted by atomic mass is 16.2. The fourth-order valence-corrected chi connectivity index (χ4v) is 1.90. The highest BCUT2D eigenvalue weighted by molar-refractivity contribution is 5.97. The quantitative estimate of drug-likeness (QED) is 0.865. The fourth-order valence-electron chi connectivity index (χ4n) is 1.90. The van der Waals surface area contributed by atoms with Gasteiger partial charge in [-0.25, -0.2) is 14.7 Å². The van der Waals surface area contributed by atoms with Crippen LogP contribution in [0.4, 0.5) is 16.3 Å². The molecule has 102 valence electrons. The zero-order valence-electron chi connectivity index (χ0n) is 11.1. The number of nitrogens with zero attached hydrogens (tertiary/aromatic N) is 2. The molecule has 0 bridgehead atoms. The van der Waals surface area contributed by atoms with Crippen LogP contribution in [0.5, 0.6) is 0 Å². The van der Waals surface area contributed by atoms with Crippen molar-refractivity contribution in [1.29, 1.82) is 0 Å². The summed E-state index contributed by atoms with van der Waals surface area (Å²) in [7, 11) is 0. The summed E-state index contributed by atoms with van der Waals surface area (Å²) in [5.41, 5.74) is 7.73. The molecule has 1 aromatic heterocycles. The first-order valence-electron chi connectivity index (χ1n) is 6.17. The molecule has 0 aliphatic heterocycles. The summed E-state index contributed by atoms with van der Waals surface area (Å²) >= 11 is 0. The summed E-state index contributed by atoms with van der Waals surface area (Å²) in [5, 5.41) is 0. The van der Waals surface area contributed by atoms with Gasteiger partial charge in [-0.05, 0) is 36.8 Å². The second-order valence-corrected chi connectivity index (χ2v) is 4.35. The van der Waals surface area contributed by atoms with Crippen LogP contribution >= 0.6 is 0 Å². The van der Waals surface area contributed by atoms with E-state index in [9.17, 15) is 9.59 Å². The molecule has 2 aromatic rings. The average Bonchev–Trinajstić information content (AvgIpc) is 2.41. The SMILES string of the molecule is Cc1cccc(N(C(N)=O)c2ccc(CC=O)cc2)n1. The van der Waals surface area contributed by atoms with E-state index in [-0.39, 0.29) is 0 Å². The second-order valence-electron chi connectivity index (χ2n) is 4.35. The predicted molar refractivity (Wildman–Crippen MR) is 76.9 cm³/mol. The third-order valence-electron chi connectivity index (χ3n) is 2.84. The number of aldehydes is 1. The Hall–Kier alpha value is -2.69. The topological polar surface area (TPSA) is 76.3 Å². The molecular formula is C15H15N3O2. The minimum absolute atomic E-state index is 0.347. The minimum atomic E-state index is -0.605. The van der Waals surface area contributed by atoms with Crippen molar-refractivity contribution < 1.29 is 9.59 Å². The van der Waals surface area contributed by atoms with Crippen LogP contribution in [0, 0.1) is 6.92 Å². The predicted octanol–water partition coefficient (Wildman–Crippen LogP) is 2.35. The Morgan fingerprint density at radius 2 is 1.95 bits per heavy atom. The molecule has 0 unspecified atom stereocenters. The number of nitrogens with two attached hydrogens (primary N) is 1. The maximum Gasteiger partial charge on any atom is 0.325 e. The standard InChI is InChI=1S/C15H15N3O2/c1-11-3-2-4-14(17-11)18(15(16)20)13-7-5-12(6-8-13)9-10-19/h2-8,10H,9H2,1H3,(H2,16,20). The van der Waals surface area contributed by atoms with Gasteiger partial charge in [-0.15, -0.1) is 0 Å². The number of benzene rings is 1. The summed E-state index contributed by atoms with van der Waals surface area (Å²) in [6.45, 7) is 1.84. The van der Waals surface area contributed by atoms with Crippen molar-refractivity contribution in [3.8, 4) is 0 Å². The minimum Gasteiger partial charge on any atom is -0.351 e. The van der Waals surface area contributed by atoms with Crippen LogP contribution in [0.1, 0.15) is 11.3 Å². The molecule has 0 radical (unpaired) electrons. The maximum atomic E-state index is 11.7. The average molecular weight is 269 g/mol. The van der Waals surface area contributed by atoms with Gasteiger partial charge in [0.05, 0.1) is 5.69 Å². The summed E-state index contributed by atoms with van der Waals surface area (Å²) in [5.74, 6) is 0.473. The van der Waals surface area contributed by atoms with Crippen LogP contribution < -0.4 is 10.6 Å². The number of rotatable bonds is 4. The van der Waals surface area contributed by atoms with Crippen molar-refractivity contribution in [2.45, 2.75) is 13.3 Å². The maximum absolute atomic E-state index is 11.7. The van der Waals surface area contributed by atoms with Crippen LogP contribution in [0.3, 0.4) is 0 Å². The normalized spacial score (nSPS) is 10.1. The first-order chi connectivity index (χ1) is 9.61. The van der Waals surface area contributed by atoms with Crippen LogP contribution in [0.15, 0.2) is 42.5 Å². The number of carbonyl (C=O) groups excluding carboxylic acids is 2. The summed E-state index contributed by atoms with van der Waals surface area (Å²) in [4.78, 5) is 27.8. The zero-order valence-corrected chi connectivity index (χ0v) is 11.1. The number of aryl methyl sites for hydroxylation is 1. The molecule has 5 heteroatoms. The van der Waals surface area contributed by atoms with Crippen molar-refractivity contribution >= 4 is 23.8 Å². The van der Waals surface area contributed by atoms with Crippen molar-refractivity contribution in [2.24, 2.45) is 5.73 Å². The van der Waals surface area contributed by atoms with Crippen molar-refractivity contribution in [1.82, 2.24) is 4.98 Å². The molecule has 0 fully saturated rings. The van der Waals surface area contributed by atoms with E-state index in [0.29, 0.717) is 17.9 Å². The van der Waals surface area contributed by atoms with Crippen molar-refractivity contribution in [3.05, 3.63) is 53.7 Å². The van der Waals surface area contributed by atoms with Gasteiger partial charge in [-0.2, -0.15) is 0 Å². The van der Waals surface area contributed by atoms with Crippen LogP contribution in [-0.2, 0) is 11.2 Å². The molecule has 0 spiro atoms. The third kappa shape index (κ3) is 3.00. The monoisotopic (exact) mass is 269 g/mol. The lowest BCUT2D eigenvalue weighted by molar-refractivity contribution is -0.107. The van der Waals surface area contributed by atoms with Crippen LogP contribution in [0.25, 0.3) is 0 Å². The van der Waals surface area contributed by atoms with Gasteiger partial charge in [0.15, 0.2) is 0 Å². The molecule has 0 saturated carbocycles. The van der Waals surface area contributed by atoms with Gasteiger partial charge in [0, 0.05) is 12.1 Å². The molecule has 2 rings (SSSR count). The Morgan fingerprint density at radius 1 is 1.25 bits per heavy atom. The van der Waals surface area contributed by atoms with E-state index in [0.717, 1.165) is 17.5 Å². The highest BCUT2D eigenvalue weighted by Gasteiger charge is 2.16. The van der Waals surface area contributed by atoms with Gasteiger partial charge in [-0.1, -0.05) is 18.2 Å². The molecule has 1 heterocycles. The van der Waals surface area contributed by atoms with Crippen LogP contribution in [-0.4, -0.2) is 17.3 Å². The zero-order chi connectivity index (χ0) is 14.5. The van der Waals surface area contributed by atoms with Gasteiger partial charge in [0.25, 0.3) is 0 Å². The smallest absolute Gasteiger partial charge is 0.325 e. The fraction of sp³-hybridized carbons (Fsp3) is 0.133. The molecule has 0 saturated heterocycles. The number of pyridine rings is 1. The lowest BCUT2D eigenvalue weighted by Gasteiger charge is -2.20. The number of primary amides is 1. The second kappa shape index (κ2) is 5.97. The lowest BCUT2D eigenvalue weighted by atomic mass is 10.1. The van der Waals surface area contributed by atoms with E-state index in [1.807, 2.05) is 19.1 Å². The molecule has 0 aliphatic carbocycles. The number of urea groups is 1.